The number of rotatable bonds is 15. The zero-order chi connectivity index (χ0) is 36.1. The van der Waals surface area contributed by atoms with E-state index in [4.69, 9.17) is 24.3 Å². The van der Waals surface area contributed by atoms with E-state index >= 15 is 0 Å². The Morgan fingerprint density at radius 3 is 2.52 bits per heavy atom. The molecule has 0 saturated carbocycles. The number of nitrogen functional groups attached to an aromatic ring is 1. The molecule has 0 aromatic carbocycles. The van der Waals surface area contributed by atoms with Gasteiger partial charge in [-0.15, -0.1) is 0 Å². The summed E-state index contributed by atoms with van der Waals surface area (Å²) < 4.78 is 34.0. The largest absolute Gasteiger partial charge is 0.756 e. The van der Waals surface area contributed by atoms with Gasteiger partial charge in [-0.1, -0.05) is 20.3 Å². The van der Waals surface area contributed by atoms with Gasteiger partial charge in [-0.2, -0.15) is 4.98 Å². The molecular weight excluding hydrogens is 669 g/mol. The van der Waals surface area contributed by atoms with E-state index in [9.17, 15) is 59.3 Å². The van der Waals surface area contributed by atoms with Crippen LogP contribution in [0.5, 0.6) is 0 Å². The number of aliphatic hydroxyl groups excluding tert-OH is 5. The van der Waals surface area contributed by atoms with Crippen molar-refractivity contribution in [1.82, 2.24) is 20.2 Å². The fourth-order valence-corrected chi connectivity index (χ4v) is 6.20. The highest BCUT2D eigenvalue weighted by molar-refractivity contribution is 7.45. The van der Waals surface area contributed by atoms with Crippen molar-refractivity contribution in [1.29, 1.82) is 0 Å². The minimum Gasteiger partial charge on any atom is -0.756 e. The van der Waals surface area contributed by atoms with Crippen LogP contribution in [0.1, 0.15) is 46.3 Å². The van der Waals surface area contributed by atoms with Crippen LogP contribution in [0.3, 0.4) is 0 Å². The molecule has 2 saturated heterocycles. The van der Waals surface area contributed by atoms with Crippen LogP contribution in [0.4, 0.5) is 5.82 Å². The average Bonchev–Trinajstić information content (AvgIpc) is 3.27. The van der Waals surface area contributed by atoms with Gasteiger partial charge in [0, 0.05) is 32.0 Å². The Labute approximate surface area is 273 Å². The number of nitrogens with zero attached hydrogens (tertiary/aromatic N) is 2. The first-order valence-electron chi connectivity index (χ1n) is 14.8. The molecule has 1 aromatic heterocycles. The predicted molar refractivity (Wildman–Crippen MR) is 156 cm³/mol. The molecule has 0 radical (unpaired) electrons. The highest BCUT2D eigenvalue weighted by Gasteiger charge is 2.57. The van der Waals surface area contributed by atoms with Crippen molar-refractivity contribution in [3.05, 3.63) is 22.7 Å². The maximum Gasteiger partial charge on any atom is 0.364 e. The monoisotopic (exact) mass is 710 g/mol. The fraction of sp³-hybridized carbons (Fsp3) is 0.731. The molecule has 3 rings (SSSR count). The number of phosphoric acid groups is 1. The number of carboxylic acid groups (broad SMARTS) is 1. The van der Waals surface area contributed by atoms with Gasteiger partial charge in [-0.25, -0.2) is 9.59 Å². The van der Waals surface area contributed by atoms with Crippen molar-refractivity contribution in [2.24, 2.45) is 5.92 Å². The summed E-state index contributed by atoms with van der Waals surface area (Å²) in [4.78, 5) is 65.1. The molecule has 2 aliphatic heterocycles. The maximum atomic E-state index is 12.9. The lowest BCUT2D eigenvalue weighted by atomic mass is 9.88. The van der Waals surface area contributed by atoms with Gasteiger partial charge >= 0.3 is 11.7 Å². The molecule has 0 bridgehead atoms. The summed E-state index contributed by atoms with van der Waals surface area (Å²) in [6.45, 7) is 2.86. The number of carboxylic acids is 1. The van der Waals surface area contributed by atoms with E-state index in [2.05, 4.69) is 15.6 Å². The molecule has 3 heterocycles. The van der Waals surface area contributed by atoms with Crippen molar-refractivity contribution in [2.45, 2.75) is 101 Å². The smallest absolute Gasteiger partial charge is 0.364 e. The number of ether oxygens (including phenoxy) is 2. The number of aliphatic hydroxyl groups is 5. The molecule has 12 atom stereocenters. The number of carbonyl (C=O) groups excluding carboxylic acids is 2. The third-order valence-corrected chi connectivity index (χ3v) is 8.76. The van der Waals surface area contributed by atoms with E-state index in [-0.39, 0.29) is 5.82 Å². The second-order valence-corrected chi connectivity index (χ2v) is 12.9. The van der Waals surface area contributed by atoms with E-state index in [1.165, 1.54) is 6.07 Å². The highest BCUT2D eigenvalue weighted by atomic mass is 31.2. The third-order valence-electron chi connectivity index (χ3n) is 7.77. The molecule has 22 heteroatoms. The van der Waals surface area contributed by atoms with Crippen molar-refractivity contribution in [3.63, 3.8) is 0 Å². The molecule has 272 valence electrons. The van der Waals surface area contributed by atoms with Crippen LogP contribution < -0.4 is 27.0 Å². The van der Waals surface area contributed by atoms with Crippen LogP contribution >= 0.6 is 7.82 Å². The maximum absolute atomic E-state index is 12.9. The molecule has 10 N–H and O–H groups in total. The number of carbonyl (C=O) groups is 3. The first-order chi connectivity index (χ1) is 22.3. The highest BCUT2D eigenvalue weighted by Crippen LogP contribution is 2.48. The summed E-state index contributed by atoms with van der Waals surface area (Å²) in [6.07, 6.45) is -13.6. The molecule has 1 aromatic rings. The number of nitrogens with two attached hydrogens (primary N) is 1. The van der Waals surface area contributed by atoms with E-state index in [1.807, 2.05) is 6.92 Å². The molecule has 21 nitrogen and oxygen atoms in total. The summed E-state index contributed by atoms with van der Waals surface area (Å²) in [7, 11) is -5.81. The van der Waals surface area contributed by atoms with Gasteiger partial charge in [0.05, 0.1) is 24.9 Å². The summed E-state index contributed by atoms with van der Waals surface area (Å²) >= 11 is 0. The summed E-state index contributed by atoms with van der Waals surface area (Å²) in [5.74, 6) is -7.25. The summed E-state index contributed by atoms with van der Waals surface area (Å²) in [5, 5.41) is 67.9. The quantitative estimate of drug-likeness (QED) is 0.0777. The van der Waals surface area contributed by atoms with Gasteiger partial charge in [-0.3, -0.25) is 23.2 Å². The molecular formula is C26H41N5O16P-. The van der Waals surface area contributed by atoms with Gasteiger partial charge in [0.15, 0.2) is 6.23 Å². The van der Waals surface area contributed by atoms with E-state index in [0.717, 1.165) is 17.7 Å². The molecule has 8 unspecified atom stereocenters. The predicted octanol–water partition coefficient (Wildman–Crippen LogP) is -4.34. The zero-order valence-electron chi connectivity index (χ0n) is 26.1. The molecule has 2 aliphatic rings. The van der Waals surface area contributed by atoms with Crippen molar-refractivity contribution < 1.29 is 73.0 Å². The fourth-order valence-electron chi connectivity index (χ4n) is 5.26. The van der Waals surface area contributed by atoms with E-state index in [0.29, 0.717) is 12.8 Å². The van der Waals surface area contributed by atoms with Crippen molar-refractivity contribution in [2.75, 3.05) is 18.9 Å². The number of hydrogen-bond donors (Lipinski definition) is 9. The van der Waals surface area contributed by atoms with Gasteiger partial charge in [0.25, 0.3) is 13.6 Å². The summed E-state index contributed by atoms with van der Waals surface area (Å²) in [6, 6.07) is -0.405. The minimum absolute atomic E-state index is 0.146. The van der Waals surface area contributed by atoms with Crippen LogP contribution in [0.2, 0.25) is 0 Å². The molecule has 0 spiro atoms. The van der Waals surface area contributed by atoms with Crippen molar-refractivity contribution >= 4 is 31.4 Å². The minimum atomic E-state index is -5.81. The molecule has 2 amide bonds. The third kappa shape index (κ3) is 9.33. The Bertz CT molecular complexity index is 1420. The topological polar surface area (TPSA) is 335 Å². The number of anilines is 1. The number of hydrogen-bond acceptors (Lipinski definition) is 17. The molecule has 0 aliphatic carbocycles. The SMILES string of the molecule is CCCC(C)C(=O)NCC(O)C(O)C1OC(OP(=O)([O-])OC[C@H]2O[C@@H](n3ccc(N)nc3=O)[C@H](O)[C@@H]2O)(C(=O)O)CC(O)C1NC(C)=O. The first-order valence-corrected chi connectivity index (χ1v) is 16.3. The first kappa shape index (κ1) is 39.4. The number of nitrogens with one attached hydrogen (secondary N) is 2. The second-order valence-electron chi connectivity index (χ2n) is 11.6. The molecule has 2 fully saturated rings. The number of amides is 2. The van der Waals surface area contributed by atoms with E-state index in [1.54, 1.807) is 6.92 Å². The van der Waals surface area contributed by atoms with Crippen molar-refractivity contribution in [3.8, 4) is 0 Å². The van der Waals surface area contributed by atoms with Crippen LogP contribution in [-0.2, 0) is 37.5 Å². The molecule has 48 heavy (non-hydrogen) atoms. The lowest BCUT2D eigenvalue weighted by Gasteiger charge is -2.47. The lowest BCUT2D eigenvalue weighted by molar-refractivity contribution is -0.313. The normalized spacial score (nSPS) is 32.1. The van der Waals surface area contributed by atoms with Crippen LogP contribution in [0, 0.1) is 5.92 Å². The Kier molecular flexibility index (Phi) is 13.2. The average molecular weight is 711 g/mol. The Morgan fingerprint density at radius 2 is 1.94 bits per heavy atom. The second kappa shape index (κ2) is 16.1. The van der Waals surface area contributed by atoms with Gasteiger partial charge in [0.2, 0.25) is 11.8 Å². The number of aliphatic carboxylic acids is 1. The van der Waals surface area contributed by atoms with Crippen LogP contribution in [0.25, 0.3) is 0 Å². The van der Waals surface area contributed by atoms with Gasteiger partial charge in [0.1, 0.15) is 36.3 Å². The Hall–Kier alpha value is -3.08. The van der Waals surface area contributed by atoms with Gasteiger partial charge in [-0.05, 0) is 12.5 Å². The lowest BCUT2D eigenvalue weighted by Crippen LogP contribution is -2.68. The van der Waals surface area contributed by atoms with Gasteiger partial charge < -0.3 is 65.9 Å². The number of phosphoric ester groups is 1. The summed E-state index contributed by atoms with van der Waals surface area (Å²) in [5.41, 5.74) is 4.47. The zero-order valence-corrected chi connectivity index (χ0v) is 27.0. The Balaban J connectivity index is 1.78. The standard InChI is InChI=1S/C26H42N5O16P/c1-4-5-11(2)22(38)28-9-14(34)18(35)21-17(29-12(3)32)13(33)8-26(46-21,24(39)40)47-48(42,43)44-10-15-19(36)20(37)23(45-15)31-7-6-16(27)30-25(31)41/h6-7,11,13-15,17-21,23,33-37H,4-5,8-10H2,1-3H3,(H,28,38)(H,29,32)(H,39,40)(H,42,43)(H2,27,30,41)/p-1/t11?,13?,14?,15-,17?,18?,19-,20-,21?,23-,26?/m1/s1. The number of aromatic nitrogens is 2. The van der Waals surface area contributed by atoms with Crippen LogP contribution in [-0.4, -0.2) is 126 Å². The van der Waals surface area contributed by atoms with E-state index < -0.39 is 118 Å². The van der Waals surface area contributed by atoms with Crippen LogP contribution in [0.15, 0.2) is 17.1 Å². The Morgan fingerprint density at radius 1 is 1.27 bits per heavy atom.